The van der Waals surface area contributed by atoms with Gasteiger partial charge in [-0.15, -0.1) is 0 Å². The van der Waals surface area contributed by atoms with Crippen LogP contribution < -0.4 is 0 Å². The molecule has 0 amide bonds. The maximum Gasteiger partial charge on any atom is 0.0734 e. The number of aryl methyl sites for hydroxylation is 1. The van der Waals surface area contributed by atoms with Crippen LogP contribution in [0.5, 0.6) is 0 Å². The lowest BCUT2D eigenvalue weighted by Crippen LogP contribution is -2.04. The summed E-state index contributed by atoms with van der Waals surface area (Å²) >= 11 is 0. The second-order valence-corrected chi connectivity index (χ2v) is 11.8. The van der Waals surface area contributed by atoms with E-state index in [1.165, 1.54) is 32.7 Å². The van der Waals surface area contributed by atoms with Gasteiger partial charge in [0.1, 0.15) is 0 Å². The van der Waals surface area contributed by atoms with Gasteiger partial charge in [0, 0.05) is 11.8 Å². The molecular weight excluding hydrogens is 595 g/mol. The monoisotopic (exact) mass is 639 g/mol. The summed E-state index contributed by atoms with van der Waals surface area (Å²) in [4.78, 5) is 14.2. The summed E-state index contributed by atoms with van der Waals surface area (Å²) in [6.07, 6.45) is 14.5. The molecule has 3 heteroatoms. The average Bonchev–Trinajstić information content (AvgIpc) is 3.15. The van der Waals surface area contributed by atoms with Crippen molar-refractivity contribution in [3.63, 3.8) is 0 Å². The van der Waals surface area contributed by atoms with E-state index in [0.29, 0.717) is 6.54 Å². The second kappa shape index (κ2) is 16.4. The minimum absolute atomic E-state index is 0.00381. The molecule has 0 saturated carbocycles. The third-order valence-corrected chi connectivity index (χ3v) is 8.81. The molecule has 0 radical (unpaired) electrons. The van der Waals surface area contributed by atoms with Crippen LogP contribution >= 0.6 is 0 Å². The Morgan fingerprint density at radius 3 is 2.37 bits per heavy atom. The summed E-state index contributed by atoms with van der Waals surface area (Å²) < 4.78 is 0. The first-order valence-corrected chi connectivity index (χ1v) is 17.0. The van der Waals surface area contributed by atoms with Crippen LogP contribution in [0.4, 0.5) is 5.69 Å². The number of nitrogens with zero attached hydrogens (tertiary/aromatic N) is 3. The van der Waals surface area contributed by atoms with Gasteiger partial charge < -0.3 is 0 Å². The third-order valence-electron chi connectivity index (χ3n) is 8.81. The van der Waals surface area contributed by atoms with E-state index >= 15 is 0 Å². The highest BCUT2D eigenvalue weighted by Crippen LogP contribution is 2.34. The predicted molar refractivity (Wildman–Crippen MR) is 217 cm³/mol. The van der Waals surface area contributed by atoms with Gasteiger partial charge in [-0.3, -0.25) is 15.0 Å². The number of hydrogen-bond donors (Lipinski definition) is 0. The van der Waals surface area contributed by atoms with E-state index in [0.717, 1.165) is 44.8 Å². The average molecular weight is 640 g/mol. The van der Waals surface area contributed by atoms with Crippen LogP contribution in [-0.4, -0.2) is 25.2 Å². The maximum absolute atomic E-state index is 5.13. The first-order valence-electron chi connectivity index (χ1n) is 17.0. The summed E-state index contributed by atoms with van der Waals surface area (Å²) in [5.74, 6) is 0. The predicted octanol–water partition coefficient (Wildman–Crippen LogP) is 12.4. The lowest BCUT2D eigenvalue weighted by molar-refractivity contribution is 0.830. The molecule has 0 fully saturated rings. The van der Waals surface area contributed by atoms with Crippen LogP contribution in [0.2, 0.25) is 0 Å². The van der Waals surface area contributed by atoms with Crippen LogP contribution in [0.3, 0.4) is 0 Å². The van der Waals surface area contributed by atoms with Crippen LogP contribution in [0.1, 0.15) is 61.6 Å². The van der Waals surface area contributed by atoms with Gasteiger partial charge in [-0.05, 0) is 112 Å². The van der Waals surface area contributed by atoms with Gasteiger partial charge in [0.05, 0.1) is 24.0 Å². The SMILES string of the molecule is C=Nc1ccccc1C=NC/C(=C/C(=C)c1ccc2ccccc2c1)c1ccc2c(C(C)N=C3C=CC=C/C3=C/C)cccc2c1C.CC. The molecule has 244 valence electrons. The minimum Gasteiger partial charge on any atom is -0.288 e. The number of aliphatic imine (C=N–C) groups is 3. The van der Waals surface area contributed by atoms with Gasteiger partial charge in [0.2, 0.25) is 0 Å². The molecule has 0 saturated heterocycles. The summed E-state index contributed by atoms with van der Waals surface area (Å²) in [6.45, 7) is 19.2. The first-order chi connectivity index (χ1) is 24.0. The molecule has 0 N–H and O–H groups in total. The summed E-state index contributed by atoms with van der Waals surface area (Å²) in [7, 11) is 0. The molecule has 5 aromatic rings. The quantitative estimate of drug-likeness (QED) is 0.114. The van der Waals surface area contributed by atoms with Gasteiger partial charge in [0.25, 0.3) is 0 Å². The molecule has 1 atom stereocenters. The third kappa shape index (κ3) is 7.90. The zero-order valence-corrected chi connectivity index (χ0v) is 29.3. The number of rotatable bonds is 9. The van der Waals surface area contributed by atoms with E-state index in [1.807, 2.05) is 50.4 Å². The lowest BCUT2D eigenvalue weighted by atomic mass is 9.90. The summed E-state index contributed by atoms with van der Waals surface area (Å²) in [5.41, 5.74) is 10.6. The fourth-order valence-electron chi connectivity index (χ4n) is 6.25. The van der Waals surface area contributed by atoms with E-state index in [2.05, 4.69) is 142 Å². The van der Waals surface area contributed by atoms with Crippen molar-refractivity contribution in [2.45, 2.75) is 40.7 Å². The van der Waals surface area contributed by atoms with E-state index in [1.54, 1.807) is 0 Å². The van der Waals surface area contributed by atoms with Crippen molar-refractivity contribution in [2.75, 3.05) is 6.54 Å². The van der Waals surface area contributed by atoms with Gasteiger partial charge in [-0.1, -0.05) is 130 Å². The molecule has 1 aliphatic rings. The van der Waals surface area contributed by atoms with Crippen LogP contribution in [0.25, 0.3) is 32.7 Å². The molecule has 1 unspecified atom stereocenters. The number of allylic oxidation sites excluding steroid dienone is 8. The number of fused-ring (bicyclic) bond motifs is 2. The molecule has 0 heterocycles. The first kappa shape index (κ1) is 34.7. The maximum atomic E-state index is 5.13. The van der Waals surface area contributed by atoms with Gasteiger partial charge >= 0.3 is 0 Å². The lowest BCUT2D eigenvalue weighted by Gasteiger charge is -2.18. The standard InChI is InChI=1S/C44H39N3.C2H6/c1-6-33-14-9-12-21-44(33)47-32(4)41-19-13-18-40-31(3)39(24-25-42(40)41)38(29-46-28-37-17-10-11-20-43(37)45-5)26-30(2)35-23-22-34-15-7-8-16-36(34)27-35;1-2/h6-28,32H,2,5,29H2,1,3-4H3;1-2H3/b33-6-,38-26-,46-28?,47-44?;. The Morgan fingerprint density at radius 2 is 1.57 bits per heavy atom. The molecular formula is C46H45N3. The Hall–Kier alpha value is -5.67. The van der Waals surface area contributed by atoms with E-state index in [-0.39, 0.29) is 6.04 Å². The van der Waals surface area contributed by atoms with Crippen molar-refractivity contribution >= 4 is 57.0 Å². The Kier molecular flexibility index (Phi) is 11.6. The zero-order valence-electron chi connectivity index (χ0n) is 29.3. The zero-order chi connectivity index (χ0) is 34.8. The Bertz CT molecular complexity index is 2190. The molecule has 1 aliphatic carbocycles. The Balaban J connectivity index is 0.00000230. The van der Waals surface area contributed by atoms with E-state index in [4.69, 9.17) is 9.98 Å². The van der Waals surface area contributed by atoms with Crippen LogP contribution in [-0.2, 0) is 0 Å². The molecule has 49 heavy (non-hydrogen) atoms. The number of para-hydroxylation sites is 1. The van der Waals surface area contributed by atoms with Gasteiger partial charge in [-0.2, -0.15) is 0 Å². The normalized spacial score (nSPS) is 15.2. The highest BCUT2D eigenvalue weighted by atomic mass is 14.8. The van der Waals surface area contributed by atoms with Crippen molar-refractivity contribution < 1.29 is 0 Å². The highest BCUT2D eigenvalue weighted by Gasteiger charge is 2.15. The number of hydrogen-bond acceptors (Lipinski definition) is 3. The van der Waals surface area contributed by atoms with E-state index < -0.39 is 0 Å². The van der Waals surface area contributed by atoms with Crippen molar-refractivity contribution in [1.82, 2.24) is 0 Å². The second-order valence-electron chi connectivity index (χ2n) is 11.8. The van der Waals surface area contributed by atoms with Gasteiger partial charge in [0.15, 0.2) is 0 Å². The molecule has 3 nitrogen and oxygen atoms in total. The molecule has 5 aromatic carbocycles. The Morgan fingerprint density at radius 1 is 0.816 bits per heavy atom. The fraction of sp³-hybridized carbons (Fsp3) is 0.152. The van der Waals surface area contributed by atoms with Crippen LogP contribution in [0, 0.1) is 6.92 Å². The largest absolute Gasteiger partial charge is 0.288 e. The fourth-order valence-corrected chi connectivity index (χ4v) is 6.25. The van der Waals surface area contributed by atoms with Crippen molar-refractivity contribution in [1.29, 1.82) is 0 Å². The minimum atomic E-state index is -0.00381. The molecule has 0 aromatic heterocycles. The molecule has 6 rings (SSSR count). The molecule has 0 aliphatic heterocycles. The van der Waals surface area contributed by atoms with Gasteiger partial charge in [-0.25, -0.2) is 0 Å². The summed E-state index contributed by atoms with van der Waals surface area (Å²) in [5, 5.41) is 4.83. The van der Waals surface area contributed by atoms with Crippen molar-refractivity contribution in [3.8, 4) is 0 Å². The highest BCUT2D eigenvalue weighted by molar-refractivity contribution is 6.11. The smallest absolute Gasteiger partial charge is 0.0734 e. The molecule has 0 bridgehead atoms. The number of benzene rings is 5. The van der Waals surface area contributed by atoms with Crippen molar-refractivity contribution in [2.24, 2.45) is 15.0 Å². The summed E-state index contributed by atoms with van der Waals surface area (Å²) in [6, 6.07) is 33.9. The van der Waals surface area contributed by atoms with E-state index in [9.17, 15) is 0 Å². The molecule has 0 spiro atoms. The topological polar surface area (TPSA) is 37.1 Å². The van der Waals surface area contributed by atoms with Crippen LogP contribution in [0.15, 0.2) is 161 Å². The Labute approximate surface area is 291 Å². The van der Waals surface area contributed by atoms with Crippen molar-refractivity contribution in [3.05, 3.63) is 173 Å².